The number of unbranched alkanes of at least 4 members (excludes halogenated alkanes) is 12. The van der Waals surface area contributed by atoms with Crippen LogP contribution in [0, 0.1) is 17.3 Å². The van der Waals surface area contributed by atoms with Crippen molar-refractivity contribution < 1.29 is 24.5 Å². The SMILES string of the molecule is CCCCCCCCCCCCCCN(CC)C(=O)COC(=O)CCC/C=C\C[C@@H]1[C@@H](/C=C/C[C@H](O)C2(CC)CCC2)[C@H](O)C[C@H]1Cl. The average molecular weight is 680 g/mol. The van der Waals surface area contributed by atoms with E-state index in [9.17, 15) is 19.8 Å². The van der Waals surface area contributed by atoms with Gasteiger partial charge in [-0.3, -0.25) is 9.59 Å². The number of carbonyl (C=O) groups is 2. The third kappa shape index (κ3) is 15.8. The van der Waals surface area contributed by atoms with Crippen LogP contribution in [0.3, 0.4) is 0 Å². The van der Waals surface area contributed by atoms with Crippen molar-refractivity contribution in [1.82, 2.24) is 4.90 Å². The van der Waals surface area contributed by atoms with E-state index in [2.05, 4.69) is 38.2 Å². The summed E-state index contributed by atoms with van der Waals surface area (Å²) in [5.41, 5.74) is 0.0827. The van der Waals surface area contributed by atoms with Gasteiger partial charge in [-0.2, -0.15) is 0 Å². The summed E-state index contributed by atoms with van der Waals surface area (Å²) in [7, 11) is 0. The molecule has 5 atom stereocenters. The van der Waals surface area contributed by atoms with Gasteiger partial charge in [-0.15, -0.1) is 11.6 Å². The summed E-state index contributed by atoms with van der Waals surface area (Å²) in [6, 6.07) is 0. The number of carbonyl (C=O) groups excluding carboxylic acids is 2. The lowest BCUT2D eigenvalue weighted by molar-refractivity contribution is -0.152. The van der Waals surface area contributed by atoms with E-state index < -0.39 is 6.10 Å². The summed E-state index contributed by atoms with van der Waals surface area (Å²) in [6.07, 6.45) is 31.1. The minimum atomic E-state index is -0.459. The zero-order chi connectivity index (χ0) is 34.3. The van der Waals surface area contributed by atoms with Crippen molar-refractivity contribution >= 4 is 23.5 Å². The maximum atomic E-state index is 12.6. The highest BCUT2D eigenvalue weighted by molar-refractivity contribution is 6.21. The Hall–Kier alpha value is -1.37. The third-order valence-corrected chi connectivity index (χ3v) is 11.5. The molecule has 2 aliphatic carbocycles. The summed E-state index contributed by atoms with van der Waals surface area (Å²) in [5.74, 6) is -0.299. The highest BCUT2D eigenvalue weighted by Gasteiger charge is 2.42. The molecule has 2 rings (SSSR count). The molecule has 2 saturated carbocycles. The maximum Gasteiger partial charge on any atom is 0.306 e. The largest absolute Gasteiger partial charge is 0.456 e. The molecule has 0 aromatic heterocycles. The minimum Gasteiger partial charge on any atom is -0.456 e. The highest BCUT2D eigenvalue weighted by atomic mass is 35.5. The molecule has 0 saturated heterocycles. The van der Waals surface area contributed by atoms with Crippen LogP contribution in [-0.4, -0.2) is 64.3 Å². The lowest BCUT2D eigenvalue weighted by Crippen LogP contribution is -2.40. The number of ether oxygens (including phenoxy) is 1. The Bertz CT molecular complexity index is 898. The van der Waals surface area contributed by atoms with Crippen molar-refractivity contribution in [2.75, 3.05) is 19.7 Å². The first-order valence-corrected chi connectivity index (χ1v) is 20.0. The normalized spacial score (nSPS) is 22.9. The number of halogens is 1. The highest BCUT2D eigenvalue weighted by Crippen LogP contribution is 2.48. The van der Waals surface area contributed by atoms with Crippen molar-refractivity contribution in [2.45, 2.75) is 180 Å². The van der Waals surface area contributed by atoms with Crippen LogP contribution in [0.25, 0.3) is 0 Å². The standard InChI is InChI=1S/C40H70ClNO5/c1-4-7-8-9-10-11-12-13-14-15-18-21-30-42(6-3)38(45)32-47-39(46)27-20-17-16-19-24-33-34(36(43)31-35(33)41)25-22-26-37(44)40(5-2)28-23-29-40/h16,19,22,25,33-37,43-44H,4-15,17-18,20-21,23-24,26-32H2,1-3H3/b19-16-,25-22+/t33-,34-,35-,36-,37+/m1/s1. The molecule has 0 radical (unpaired) electrons. The Morgan fingerprint density at radius 1 is 0.915 bits per heavy atom. The van der Waals surface area contributed by atoms with Crippen molar-refractivity contribution in [1.29, 1.82) is 0 Å². The average Bonchev–Trinajstić information content (AvgIpc) is 3.30. The summed E-state index contributed by atoms with van der Waals surface area (Å²) in [5, 5.41) is 21.3. The van der Waals surface area contributed by atoms with E-state index in [1.165, 1.54) is 70.6 Å². The molecule has 47 heavy (non-hydrogen) atoms. The second-order valence-corrected chi connectivity index (χ2v) is 15.0. The van der Waals surface area contributed by atoms with Gasteiger partial charge in [0.2, 0.25) is 0 Å². The number of nitrogens with zero attached hydrogens (tertiary/aromatic N) is 1. The van der Waals surface area contributed by atoms with Crippen molar-refractivity contribution in [3.63, 3.8) is 0 Å². The van der Waals surface area contributed by atoms with Gasteiger partial charge in [-0.25, -0.2) is 0 Å². The van der Waals surface area contributed by atoms with Crippen molar-refractivity contribution in [3.8, 4) is 0 Å². The number of aliphatic hydroxyl groups excluding tert-OH is 2. The van der Waals surface area contributed by atoms with Crippen LogP contribution >= 0.6 is 11.6 Å². The number of hydrogen-bond acceptors (Lipinski definition) is 5. The van der Waals surface area contributed by atoms with E-state index in [1.54, 1.807) is 4.90 Å². The van der Waals surface area contributed by atoms with Crippen LogP contribution < -0.4 is 0 Å². The fourth-order valence-electron chi connectivity index (χ4n) is 7.48. The van der Waals surface area contributed by atoms with E-state index in [0.29, 0.717) is 25.8 Å². The van der Waals surface area contributed by atoms with Gasteiger partial charge < -0.3 is 19.8 Å². The zero-order valence-electron chi connectivity index (χ0n) is 30.3. The van der Waals surface area contributed by atoms with Gasteiger partial charge in [0.25, 0.3) is 5.91 Å². The number of amides is 1. The van der Waals surface area contributed by atoms with Gasteiger partial charge in [-0.05, 0) is 76.0 Å². The van der Waals surface area contributed by atoms with E-state index >= 15 is 0 Å². The molecule has 0 aromatic rings. The fourth-order valence-corrected chi connectivity index (χ4v) is 7.93. The van der Waals surface area contributed by atoms with Crippen LogP contribution in [0.2, 0.25) is 0 Å². The van der Waals surface area contributed by atoms with Crippen molar-refractivity contribution in [2.24, 2.45) is 17.3 Å². The molecule has 7 heteroatoms. The number of allylic oxidation sites excluding steroid dienone is 2. The second kappa shape index (κ2) is 24.7. The second-order valence-electron chi connectivity index (χ2n) is 14.4. The third-order valence-electron chi connectivity index (χ3n) is 11.0. The maximum absolute atomic E-state index is 12.6. The number of rotatable bonds is 27. The molecule has 1 amide bonds. The Morgan fingerprint density at radius 3 is 2.13 bits per heavy atom. The molecule has 0 heterocycles. The monoisotopic (exact) mass is 679 g/mol. The molecular weight excluding hydrogens is 610 g/mol. The van der Waals surface area contributed by atoms with Gasteiger partial charge in [0.05, 0.1) is 12.2 Å². The molecule has 6 nitrogen and oxygen atoms in total. The summed E-state index contributed by atoms with van der Waals surface area (Å²) in [4.78, 5) is 26.7. The van der Waals surface area contributed by atoms with E-state index in [-0.39, 0.29) is 53.6 Å². The van der Waals surface area contributed by atoms with E-state index in [0.717, 1.165) is 51.5 Å². The predicted molar refractivity (Wildman–Crippen MR) is 195 cm³/mol. The van der Waals surface area contributed by atoms with E-state index in [4.69, 9.17) is 16.3 Å². The van der Waals surface area contributed by atoms with E-state index in [1.807, 2.05) is 6.92 Å². The predicted octanol–water partition coefficient (Wildman–Crippen LogP) is 9.69. The molecule has 0 unspecified atom stereocenters. The smallest absolute Gasteiger partial charge is 0.306 e. The van der Waals surface area contributed by atoms with Crippen molar-refractivity contribution in [3.05, 3.63) is 24.3 Å². The summed E-state index contributed by atoms with van der Waals surface area (Å²) >= 11 is 6.62. The first-order valence-electron chi connectivity index (χ1n) is 19.5. The van der Waals surface area contributed by atoms with Crippen LogP contribution in [0.4, 0.5) is 0 Å². The Morgan fingerprint density at radius 2 is 1.55 bits per heavy atom. The van der Waals surface area contributed by atoms with Gasteiger partial charge in [0.15, 0.2) is 6.61 Å². The Balaban J connectivity index is 1.55. The molecule has 0 spiro atoms. The fraction of sp³-hybridized carbons (Fsp3) is 0.850. The van der Waals surface area contributed by atoms with Gasteiger partial charge in [0, 0.05) is 30.8 Å². The summed E-state index contributed by atoms with van der Waals surface area (Å²) < 4.78 is 5.30. The zero-order valence-corrected chi connectivity index (χ0v) is 31.1. The molecule has 272 valence electrons. The number of alkyl halides is 1. The van der Waals surface area contributed by atoms with Gasteiger partial charge >= 0.3 is 5.97 Å². The lowest BCUT2D eigenvalue weighted by atomic mass is 9.63. The number of likely N-dealkylation sites (N-methyl/N-ethyl adjacent to an activating group) is 1. The molecular formula is C40H70ClNO5. The number of esters is 1. The minimum absolute atomic E-state index is 0.0109. The molecule has 2 N–H and O–H groups in total. The lowest BCUT2D eigenvalue weighted by Gasteiger charge is -2.45. The topological polar surface area (TPSA) is 87.1 Å². The van der Waals surface area contributed by atoms with Crippen LogP contribution in [0.1, 0.15) is 162 Å². The molecule has 0 aliphatic heterocycles. The molecule has 2 aliphatic rings. The Labute approximate surface area is 293 Å². The van der Waals surface area contributed by atoms with Crippen LogP contribution in [0.15, 0.2) is 24.3 Å². The molecule has 0 bridgehead atoms. The van der Waals surface area contributed by atoms with Crippen LogP contribution in [0.5, 0.6) is 0 Å². The summed E-state index contributed by atoms with van der Waals surface area (Å²) in [6.45, 7) is 7.60. The Kier molecular flexibility index (Phi) is 22.0. The van der Waals surface area contributed by atoms with Crippen LogP contribution in [-0.2, 0) is 14.3 Å². The first kappa shape index (κ1) is 41.8. The van der Waals surface area contributed by atoms with Gasteiger partial charge in [0.1, 0.15) is 0 Å². The quantitative estimate of drug-likeness (QED) is 0.0391. The molecule has 2 fully saturated rings. The molecule has 0 aromatic carbocycles. The van der Waals surface area contributed by atoms with Gasteiger partial charge in [-0.1, -0.05) is 115 Å². The number of hydrogen-bond donors (Lipinski definition) is 2. The first-order chi connectivity index (χ1) is 22.8. The number of aliphatic hydroxyl groups is 2.